The minimum Gasteiger partial charge on any atom is -0.311 e. The van der Waals surface area contributed by atoms with Crippen LogP contribution in [0.2, 0.25) is 0 Å². The van der Waals surface area contributed by atoms with Crippen LogP contribution in [0.25, 0.3) is 47.7 Å². The topological polar surface area (TPSA) is 11.4 Å². The molecule has 0 atom stereocenters. The molecule has 0 aliphatic heterocycles. The van der Waals surface area contributed by atoms with Gasteiger partial charge >= 0.3 is 0 Å². The van der Waals surface area contributed by atoms with Crippen molar-refractivity contribution in [3.8, 4) is 5.69 Å². The highest BCUT2D eigenvalue weighted by atomic mass is 32.1. The smallest absolute Gasteiger partial charge is 0.0561 e. The van der Waals surface area contributed by atoms with E-state index >= 15 is 0 Å². The molecule has 3 nitrogen and oxygen atoms in total. The fourth-order valence-corrected chi connectivity index (χ4v) is 8.86. The second kappa shape index (κ2) is 12.9. The SMILES string of the molecule is Cc1ccc2sc3cc4c(cc3c2c1)c1ccc(N(c2ccccc2)c2ccccc2)cc1n4-c1ccc(N(c2ccccc2)c2ccccc2)cc1. The maximum absolute atomic E-state index is 2.45. The third kappa shape index (κ3) is 5.43. The van der Waals surface area contributed by atoms with Crippen LogP contribution in [0.1, 0.15) is 5.56 Å². The molecule has 8 aromatic carbocycles. The number of anilines is 6. The summed E-state index contributed by atoms with van der Waals surface area (Å²) in [6.07, 6.45) is 0. The van der Waals surface area contributed by atoms with Crippen LogP contribution in [-0.4, -0.2) is 4.57 Å². The van der Waals surface area contributed by atoms with Crippen LogP contribution in [0.5, 0.6) is 0 Å². The first-order valence-corrected chi connectivity index (χ1v) is 18.8. The minimum absolute atomic E-state index is 1.11. The van der Waals surface area contributed by atoms with Crippen molar-refractivity contribution in [1.82, 2.24) is 4.57 Å². The Morgan fingerprint density at radius 3 is 1.40 bits per heavy atom. The number of aryl methyl sites for hydroxylation is 1. The summed E-state index contributed by atoms with van der Waals surface area (Å²) >= 11 is 1.87. The van der Waals surface area contributed by atoms with Crippen LogP contribution < -0.4 is 9.80 Å². The number of fused-ring (bicyclic) bond motifs is 6. The largest absolute Gasteiger partial charge is 0.311 e. The van der Waals surface area contributed by atoms with Crippen LogP contribution in [0.4, 0.5) is 34.1 Å². The molecule has 0 amide bonds. The van der Waals surface area contributed by atoms with Crippen LogP contribution in [-0.2, 0) is 0 Å². The molecule has 4 heteroatoms. The normalized spacial score (nSPS) is 11.5. The Morgan fingerprint density at radius 1 is 0.358 bits per heavy atom. The van der Waals surface area contributed by atoms with Crippen LogP contribution in [0.15, 0.2) is 194 Å². The molecule has 10 aromatic rings. The zero-order valence-electron chi connectivity index (χ0n) is 29.2. The predicted octanol–water partition coefficient (Wildman–Crippen LogP) is 14.4. The first kappa shape index (κ1) is 31.1. The van der Waals surface area contributed by atoms with E-state index in [1.54, 1.807) is 0 Å². The summed E-state index contributed by atoms with van der Waals surface area (Å²) in [5, 5.41) is 5.13. The molecular weight excluding hydrogens is 663 g/mol. The third-order valence-electron chi connectivity index (χ3n) is 10.2. The first-order valence-electron chi connectivity index (χ1n) is 18.0. The van der Waals surface area contributed by atoms with E-state index in [9.17, 15) is 0 Å². The summed E-state index contributed by atoms with van der Waals surface area (Å²) in [4.78, 5) is 4.66. The van der Waals surface area contributed by atoms with Gasteiger partial charge in [0.2, 0.25) is 0 Å². The lowest BCUT2D eigenvalue weighted by atomic mass is 10.1. The van der Waals surface area contributed by atoms with Gasteiger partial charge in [0.1, 0.15) is 0 Å². The van der Waals surface area contributed by atoms with Gasteiger partial charge < -0.3 is 14.4 Å². The summed E-state index contributed by atoms with van der Waals surface area (Å²) < 4.78 is 5.08. The van der Waals surface area contributed by atoms with Gasteiger partial charge in [0, 0.05) is 70.8 Å². The molecule has 2 aromatic heterocycles. The molecule has 0 aliphatic carbocycles. The Bertz CT molecular complexity index is 2800. The number of hydrogen-bond acceptors (Lipinski definition) is 3. The van der Waals surface area contributed by atoms with Crippen molar-refractivity contribution < 1.29 is 0 Å². The van der Waals surface area contributed by atoms with Crippen LogP contribution >= 0.6 is 11.3 Å². The van der Waals surface area contributed by atoms with Crippen LogP contribution in [0, 0.1) is 6.92 Å². The Kier molecular flexibility index (Phi) is 7.55. The highest BCUT2D eigenvalue weighted by molar-refractivity contribution is 7.25. The minimum atomic E-state index is 1.11. The number of hydrogen-bond donors (Lipinski definition) is 0. The van der Waals surface area contributed by atoms with Gasteiger partial charge in [0.15, 0.2) is 0 Å². The van der Waals surface area contributed by atoms with Gasteiger partial charge in [-0.25, -0.2) is 0 Å². The van der Waals surface area contributed by atoms with Crippen molar-refractivity contribution in [3.63, 3.8) is 0 Å². The fraction of sp³-hybridized carbons (Fsp3) is 0.0204. The number of nitrogens with zero attached hydrogens (tertiary/aromatic N) is 3. The Balaban J connectivity index is 1.21. The highest BCUT2D eigenvalue weighted by Crippen LogP contribution is 2.44. The van der Waals surface area contributed by atoms with Gasteiger partial charge in [0.25, 0.3) is 0 Å². The third-order valence-corrected chi connectivity index (χ3v) is 11.3. The van der Waals surface area contributed by atoms with E-state index in [1.165, 1.54) is 47.5 Å². The van der Waals surface area contributed by atoms with Gasteiger partial charge in [-0.15, -0.1) is 11.3 Å². The standard InChI is InChI=1S/C49H35N3S/c1-34-22-29-48-44(30-34)45-32-43-42-28-27-41(51(37-18-10-4-11-19-37)38-20-12-5-13-21-38)31-46(42)52(47(43)33-49(45)53-48)40-25-23-39(24-26-40)50(35-14-6-2-7-15-35)36-16-8-3-9-17-36/h2-33H,1H3. The molecule has 53 heavy (non-hydrogen) atoms. The summed E-state index contributed by atoms with van der Waals surface area (Å²) in [7, 11) is 0. The molecule has 0 saturated heterocycles. The highest BCUT2D eigenvalue weighted by Gasteiger charge is 2.20. The number of rotatable bonds is 7. The fourth-order valence-electron chi connectivity index (χ4n) is 7.76. The molecule has 252 valence electrons. The molecule has 0 saturated carbocycles. The van der Waals surface area contributed by atoms with E-state index in [-0.39, 0.29) is 0 Å². The zero-order valence-corrected chi connectivity index (χ0v) is 30.0. The second-order valence-electron chi connectivity index (χ2n) is 13.5. The lowest BCUT2D eigenvalue weighted by Crippen LogP contribution is -2.10. The van der Waals surface area contributed by atoms with Crippen molar-refractivity contribution >= 4 is 87.4 Å². The van der Waals surface area contributed by atoms with Gasteiger partial charge in [-0.1, -0.05) is 90.5 Å². The summed E-state index contributed by atoms with van der Waals surface area (Å²) in [5.41, 5.74) is 11.5. The van der Waals surface area contributed by atoms with E-state index < -0.39 is 0 Å². The van der Waals surface area contributed by atoms with E-state index in [0.29, 0.717) is 0 Å². The molecule has 0 aliphatic rings. The van der Waals surface area contributed by atoms with E-state index in [1.807, 2.05) is 11.3 Å². The van der Waals surface area contributed by atoms with E-state index in [2.05, 4.69) is 215 Å². The molecule has 0 N–H and O–H groups in total. The number of para-hydroxylation sites is 4. The van der Waals surface area contributed by atoms with Gasteiger partial charge in [0.05, 0.1) is 11.0 Å². The summed E-state index contributed by atoms with van der Waals surface area (Å²) in [6, 6.07) is 70.1. The average Bonchev–Trinajstić information content (AvgIpc) is 3.73. The second-order valence-corrected chi connectivity index (χ2v) is 14.6. The van der Waals surface area contributed by atoms with Gasteiger partial charge in [-0.2, -0.15) is 0 Å². The van der Waals surface area contributed by atoms with E-state index in [4.69, 9.17) is 0 Å². The molecule has 0 fully saturated rings. The van der Waals surface area contributed by atoms with Gasteiger partial charge in [-0.3, -0.25) is 0 Å². The van der Waals surface area contributed by atoms with Crippen molar-refractivity contribution in [2.75, 3.05) is 9.80 Å². The van der Waals surface area contributed by atoms with E-state index in [0.717, 1.165) is 39.8 Å². The average molecular weight is 698 g/mol. The first-order chi connectivity index (χ1) is 26.2. The lowest BCUT2D eigenvalue weighted by molar-refractivity contribution is 1.17. The molecule has 2 heterocycles. The zero-order chi connectivity index (χ0) is 35.3. The predicted molar refractivity (Wildman–Crippen MR) is 228 cm³/mol. The maximum Gasteiger partial charge on any atom is 0.0561 e. The molecule has 10 rings (SSSR count). The quantitative estimate of drug-likeness (QED) is 0.164. The van der Waals surface area contributed by atoms with Crippen molar-refractivity contribution in [2.24, 2.45) is 0 Å². The van der Waals surface area contributed by atoms with Crippen molar-refractivity contribution in [1.29, 1.82) is 0 Å². The Morgan fingerprint density at radius 2 is 0.830 bits per heavy atom. The van der Waals surface area contributed by atoms with Crippen molar-refractivity contribution in [3.05, 3.63) is 200 Å². The Labute approximate surface area is 312 Å². The summed E-state index contributed by atoms with van der Waals surface area (Å²) in [6.45, 7) is 2.18. The maximum atomic E-state index is 2.45. The van der Waals surface area contributed by atoms with Crippen molar-refractivity contribution in [2.45, 2.75) is 6.92 Å². The molecule has 0 unspecified atom stereocenters. The number of thiophene rings is 1. The number of benzene rings is 8. The number of aromatic nitrogens is 1. The molecule has 0 bridgehead atoms. The Hall–Kier alpha value is -6.62. The monoisotopic (exact) mass is 697 g/mol. The van der Waals surface area contributed by atoms with Gasteiger partial charge in [-0.05, 0) is 116 Å². The lowest BCUT2D eigenvalue weighted by Gasteiger charge is -2.26. The molecular formula is C49H35N3S. The van der Waals surface area contributed by atoms with Crippen LogP contribution in [0.3, 0.4) is 0 Å². The molecule has 0 spiro atoms. The molecule has 0 radical (unpaired) electrons. The summed E-state index contributed by atoms with van der Waals surface area (Å²) in [5.74, 6) is 0.